The van der Waals surface area contributed by atoms with Gasteiger partial charge in [0, 0.05) is 0 Å². The number of nitrogens with zero attached hydrogens (tertiary/aromatic N) is 2. The Labute approximate surface area is 183 Å². The summed E-state index contributed by atoms with van der Waals surface area (Å²) in [5, 5.41) is 12.6. The minimum atomic E-state index is -5.02. The van der Waals surface area contributed by atoms with Gasteiger partial charge in [0.25, 0.3) is 0 Å². The van der Waals surface area contributed by atoms with E-state index in [1.165, 1.54) is 18.2 Å². The zero-order chi connectivity index (χ0) is 23.8. The zero-order valence-corrected chi connectivity index (χ0v) is 18.3. The van der Waals surface area contributed by atoms with Crippen LogP contribution >= 0.6 is 0 Å². The predicted molar refractivity (Wildman–Crippen MR) is 106 cm³/mol. The first-order chi connectivity index (χ1) is 14.8. The first-order valence-corrected chi connectivity index (χ1v) is 10.9. The van der Waals surface area contributed by atoms with Crippen LogP contribution in [0.15, 0.2) is 18.2 Å². The number of hydrogen-bond acceptors (Lipinski definition) is 8. The molecule has 0 saturated carbocycles. The molecule has 176 valence electrons. The van der Waals surface area contributed by atoms with Gasteiger partial charge in [-0.3, -0.25) is 4.55 Å². The van der Waals surface area contributed by atoms with E-state index in [4.69, 9.17) is 14.0 Å². The summed E-state index contributed by atoms with van der Waals surface area (Å²) >= 11 is 0. The first kappa shape index (κ1) is 23.6. The van der Waals surface area contributed by atoms with Crippen molar-refractivity contribution in [1.29, 1.82) is 0 Å². The number of hydroxylamine groups is 2. The van der Waals surface area contributed by atoms with Crippen LogP contribution in [0.2, 0.25) is 0 Å². The molecule has 2 aliphatic heterocycles. The van der Waals surface area contributed by atoms with Crippen molar-refractivity contribution in [2.75, 3.05) is 19.7 Å². The highest BCUT2D eigenvalue weighted by Crippen LogP contribution is 2.45. The Bertz CT molecular complexity index is 1040. The van der Waals surface area contributed by atoms with E-state index in [1.807, 2.05) is 0 Å². The fourth-order valence-corrected chi connectivity index (χ4v) is 3.85. The Hall–Kier alpha value is -3.10. The van der Waals surface area contributed by atoms with Crippen molar-refractivity contribution in [3.8, 4) is 5.75 Å². The second-order valence-electron chi connectivity index (χ2n) is 8.09. The Kier molecular flexibility index (Phi) is 6.22. The highest BCUT2D eigenvalue weighted by molar-refractivity contribution is 7.80. The molecule has 2 atom stereocenters. The molecule has 0 spiro atoms. The van der Waals surface area contributed by atoms with Crippen molar-refractivity contribution in [2.24, 2.45) is 0 Å². The minimum absolute atomic E-state index is 0.0569. The molecular formula is C18H23N3O10S. The molecule has 14 heteroatoms. The van der Waals surface area contributed by atoms with Gasteiger partial charge in [0.1, 0.15) is 24.0 Å². The highest BCUT2D eigenvalue weighted by atomic mass is 32.3. The second-order valence-corrected chi connectivity index (χ2v) is 9.09. The molecule has 2 heterocycles. The van der Waals surface area contributed by atoms with Crippen molar-refractivity contribution in [3.05, 3.63) is 29.3 Å². The summed E-state index contributed by atoms with van der Waals surface area (Å²) in [5.41, 5.74) is -0.101. The summed E-state index contributed by atoms with van der Waals surface area (Å²) in [7, 11) is -5.02. The third kappa shape index (κ3) is 5.20. The number of fused-ring (bicyclic) bond motifs is 4. The van der Waals surface area contributed by atoms with Gasteiger partial charge in [-0.05, 0) is 44.0 Å². The number of nitrogens with one attached hydrogen (secondary N) is 1. The van der Waals surface area contributed by atoms with Gasteiger partial charge in [-0.25, -0.2) is 14.4 Å². The fourth-order valence-electron chi connectivity index (χ4n) is 3.47. The van der Waals surface area contributed by atoms with Crippen LogP contribution in [0.5, 0.6) is 5.75 Å². The number of carbonyl (C=O) groups excluding carboxylic acids is 2. The van der Waals surface area contributed by atoms with Crippen molar-refractivity contribution < 1.29 is 46.2 Å². The molecule has 32 heavy (non-hydrogen) atoms. The maximum Gasteiger partial charge on any atom is 0.418 e. The number of ether oxygens (including phenoxy) is 2. The summed E-state index contributed by atoms with van der Waals surface area (Å²) in [6, 6.07) is 1.03. The number of alkyl carbamates (subject to hydrolysis) is 1. The van der Waals surface area contributed by atoms with Gasteiger partial charge in [0.15, 0.2) is 6.04 Å². The molecule has 1 aromatic carbocycles. The molecule has 3 N–H and O–H groups in total. The normalized spacial score (nSPS) is 20.1. The lowest BCUT2D eigenvalue weighted by Crippen LogP contribution is -2.38. The van der Waals surface area contributed by atoms with Crippen LogP contribution in [-0.2, 0) is 24.2 Å². The van der Waals surface area contributed by atoms with Crippen LogP contribution in [0.1, 0.15) is 44.0 Å². The maximum absolute atomic E-state index is 12.5. The molecule has 2 aliphatic rings. The molecule has 3 amide bonds. The van der Waals surface area contributed by atoms with Gasteiger partial charge in [0.05, 0.1) is 13.1 Å². The molecular weight excluding hydrogens is 450 g/mol. The number of benzene rings is 1. The van der Waals surface area contributed by atoms with Gasteiger partial charge in [-0.15, -0.1) is 4.28 Å². The lowest BCUT2D eigenvalue weighted by Gasteiger charge is -2.30. The number of aliphatic carboxylic acids is 1. The quantitative estimate of drug-likeness (QED) is 0.386. The topological polar surface area (TPSA) is 172 Å². The van der Waals surface area contributed by atoms with Crippen LogP contribution in [0.3, 0.4) is 0 Å². The van der Waals surface area contributed by atoms with Crippen molar-refractivity contribution in [2.45, 2.75) is 38.5 Å². The monoisotopic (exact) mass is 473 g/mol. The summed E-state index contributed by atoms with van der Waals surface area (Å²) in [5.74, 6) is -1.03. The number of amides is 3. The number of rotatable bonds is 7. The standard InChI is InChI=1S/C18H23N3O10S/c1-18(2,3)30-16(24)19-6-7-29-10-4-5-11-12(8-10)13-9-20(14(11)15(22)23)17(25)21(13)31-32(26,27)28/h4-5,8,13-14H,6-7,9H2,1-3H3,(H,19,24)(H,22,23)(H,26,27,28)/t13-,14?/m1/s1. The molecule has 1 fully saturated rings. The zero-order valence-electron chi connectivity index (χ0n) is 17.5. The molecule has 0 aromatic heterocycles. The summed E-state index contributed by atoms with van der Waals surface area (Å²) in [6.45, 7) is 5.19. The highest BCUT2D eigenvalue weighted by Gasteiger charge is 2.52. The van der Waals surface area contributed by atoms with E-state index in [0.717, 1.165) is 4.90 Å². The molecule has 0 radical (unpaired) electrons. The smallest absolute Gasteiger partial charge is 0.418 e. The second kappa shape index (κ2) is 8.44. The largest absolute Gasteiger partial charge is 0.492 e. The van der Waals surface area contributed by atoms with Crippen LogP contribution < -0.4 is 10.1 Å². The van der Waals surface area contributed by atoms with Gasteiger partial charge >= 0.3 is 28.5 Å². The summed E-state index contributed by atoms with van der Waals surface area (Å²) in [4.78, 5) is 36.9. The van der Waals surface area contributed by atoms with Crippen molar-refractivity contribution in [1.82, 2.24) is 15.3 Å². The average molecular weight is 473 g/mol. The molecule has 2 bridgehead atoms. The molecule has 13 nitrogen and oxygen atoms in total. The van der Waals surface area contributed by atoms with E-state index in [2.05, 4.69) is 9.60 Å². The Morgan fingerprint density at radius 2 is 1.94 bits per heavy atom. The van der Waals surface area contributed by atoms with E-state index in [1.54, 1.807) is 20.8 Å². The summed E-state index contributed by atoms with van der Waals surface area (Å²) < 4.78 is 46.4. The Morgan fingerprint density at radius 1 is 1.25 bits per heavy atom. The number of carbonyl (C=O) groups is 3. The number of carboxylic acid groups (broad SMARTS) is 1. The molecule has 1 saturated heterocycles. The number of carboxylic acids is 1. The molecule has 0 aliphatic carbocycles. The van der Waals surface area contributed by atoms with Gasteiger partial charge in [-0.2, -0.15) is 13.5 Å². The van der Waals surface area contributed by atoms with E-state index in [-0.39, 0.29) is 25.3 Å². The van der Waals surface area contributed by atoms with Gasteiger partial charge in [-0.1, -0.05) is 6.07 Å². The molecule has 3 rings (SSSR count). The van der Waals surface area contributed by atoms with Gasteiger partial charge < -0.3 is 24.8 Å². The van der Waals surface area contributed by atoms with E-state index < -0.39 is 46.2 Å². The lowest BCUT2D eigenvalue weighted by atomic mass is 9.91. The third-order valence-corrected chi connectivity index (χ3v) is 4.91. The summed E-state index contributed by atoms with van der Waals surface area (Å²) in [6.07, 6.45) is -0.613. The van der Waals surface area contributed by atoms with E-state index in [0.29, 0.717) is 16.4 Å². The SMILES string of the molecule is CC(C)(C)OC(=O)NCCOc1ccc2c(c1)[C@H]1CN(C(=O)N1OS(=O)(=O)O)C2C(=O)O. The number of hydrogen-bond donors (Lipinski definition) is 3. The molecule has 1 aromatic rings. The minimum Gasteiger partial charge on any atom is -0.492 e. The van der Waals surface area contributed by atoms with Crippen LogP contribution in [0.4, 0.5) is 9.59 Å². The van der Waals surface area contributed by atoms with Crippen LogP contribution in [0, 0.1) is 0 Å². The predicted octanol–water partition coefficient (Wildman–Crippen LogP) is 1.24. The maximum atomic E-state index is 12.5. The van der Waals surface area contributed by atoms with E-state index in [9.17, 15) is 27.9 Å². The van der Waals surface area contributed by atoms with Crippen LogP contribution in [0.25, 0.3) is 0 Å². The van der Waals surface area contributed by atoms with Crippen molar-refractivity contribution in [3.63, 3.8) is 0 Å². The molecule has 1 unspecified atom stereocenters. The first-order valence-electron chi connectivity index (χ1n) is 9.50. The number of urea groups is 1. The van der Waals surface area contributed by atoms with Gasteiger partial charge in [0.2, 0.25) is 0 Å². The lowest BCUT2D eigenvalue weighted by molar-refractivity contribution is -0.142. The average Bonchev–Trinajstić information content (AvgIpc) is 2.89. The third-order valence-electron chi connectivity index (χ3n) is 4.56. The fraction of sp³-hybridized carbons (Fsp3) is 0.500. The van der Waals surface area contributed by atoms with Crippen molar-refractivity contribution >= 4 is 28.5 Å². The Morgan fingerprint density at radius 3 is 2.53 bits per heavy atom. The van der Waals surface area contributed by atoms with E-state index >= 15 is 0 Å². The van der Waals surface area contributed by atoms with Crippen LogP contribution in [-0.4, -0.2) is 71.4 Å². The Balaban J connectivity index is 1.76.